The lowest BCUT2D eigenvalue weighted by molar-refractivity contribution is -0.137. The van der Waals surface area contributed by atoms with Crippen LogP contribution in [0, 0.1) is 0 Å². The second kappa shape index (κ2) is 7.05. The monoisotopic (exact) mass is 360 g/mol. The van der Waals surface area contributed by atoms with E-state index in [1.165, 1.54) is 35.2 Å². The van der Waals surface area contributed by atoms with Crippen LogP contribution in [-0.2, 0) is 6.18 Å². The van der Waals surface area contributed by atoms with Crippen LogP contribution < -0.4 is 10.6 Å². The fourth-order valence-electron chi connectivity index (χ4n) is 1.65. The Morgan fingerprint density at radius 2 is 1.91 bits per heavy atom. The first-order valence-corrected chi connectivity index (χ1v) is 8.27. The predicted molar refractivity (Wildman–Crippen MR) is 84.0 cm³/mol. The number of rotatable bonds is 3. The Kier molecular flexibility index (Phi) is 5.32. The Hall–Kier alpha value is -2.00. The molecule has 0 radical (unpaired) electrons. The van der Waals surface area contributed by atoms with E-state index in [9.17, 15) is 22.8 Å². The highest BCUT2D eigenvalue weighted by Gasteiger charge is 2.30. The molecule has 0 atom stereocenters. The SMILES string of the molecule is CSc1ccc(C(=O)NC(=O)Nc2cccc(C(F)(F)F)c2)s1. The lowest BCUT2D eigenvalue weighted by atomic mass is 10.2. The van der Waals surface area contributed by atoms with Gasteiger partial charge in [-0.1, -0.05) is 6.07 Å². The van der Waals surface area contributed by atoms with Crippen molar-refractivity contribution in [2.75, 3.05) is 11.6 Å². The number of carbonyl (C=O) groups is 2. The van der Waals surface area contributed by atoms with Crippen molar-refractivity contribution in [3.05, 3.63) is 46.8 Å². The van der Waals surface area contributed by atoms with E-state index < -0.39 is 23.7 Å². The Bertz CT molecular complexity index is 729. The van der Waals surface area contributed by atoms with E-state index in [1.54, 1.807) is 12.1 Å². The number of carbonyl (C=O) groups excluding carboxylic acids is 2. The van der Waals surface area contributed by atoms with Gasteiger partial charge in [-0.25, -0.2) is 4.79 Å². The summed E-state index contributed by atoms with van der Waals surface area (Å²) in [6.45, 7) is 0. The molecule has 0 aliphatic rings. The summed E-state index contributed by atoms with van der Waals surface area (Å²) in [6, 6.07) is 6.58. The van der Waals surface area contributed by atoms with Crippen LogP contribution in [0.1, 0.15) is 15.2 Å². The molecule has 1 heterocycles. The quantitative estimate of drug-likeness (QED) is 0.795. The van der Waals surface area contributed by atoms with E-state index >= 15 is 0 Å². The number of thioether (sulfide) groups is 1. The first-order valence-electron chi connectivity index (χ1n) is 6.23. The molecule has 4 nitrogen and oxygen atoms in total. The molecule has 0 aliphatic carbocycles. The fraction of sp³-hybridized carbons (Fsp3) is 0.143. The highest BCUT2D eigenvalue weighted by atomic mass is 32.2. The van der Waals surface area contributed by atoms with Gasteiger partial charge in [0.2, 0.25) is 0 Å². The highest BCUT2D eigenvalue weighted by Crippen LogP contribution is 2.30. The summed E-state index contributed by atoms with van der Waals surface area (Å²) < 4.78 is 38.7. The summed E-state index contributed by atoms with van der Waals surface area (Å²) in [6.07, 6.45) is -2.65. The highest BCUT2D eigenvalue weighted by molar-refractivity contribution is 8.00. The van der Waals surface area contributed by atoms with Crippen molar-refractivity contribution in [1.82, 2.24) is 5.32 Å². The van der Waals surface area contributed by atoms with Crippen molar-refractivity contribution in [2.45, 2.75) is 10.4 Å². The van der Waals surface area contributed by atoms with Gasteiger partial charge in [0.25, 0.3) is 5.91 Å². The van der Waals surface area contributed by atoms with Gasteiger partial charge >= 0.3 is 12.2 Å². The van der Waals surface area contributed by atoms with Crippen molar-refractivity contribution in [3.8, 4) is 0 Å². The minimum atomic E-state index is -4.50. The number of hydrogen-bond donors (Lipinski definition) is 2. The van der Waals surface area contributed by atoms with Gasteiger partial charge in [0.05, 0.1) is 14.6 Å². The molecule has 0 aliphatic heterocycles. The molecule has 2 aromatic rings. The Morgan fingerprint density at radius 3 is 2.52 bits per heavy atom. The summed E-state index contributed by atoms with van der Waals surface area (Å²) in [5, 5.41) is 4.28. The molecule has 23 heavy (non-hydrogen) atoms. The Labute approximate surface area is 138 Å². The summed E-state index contributed by atoms with van der Waals surface area (Å²) >= 11 is 2.68. The normalized spacial score (nSPS) is 11.1. The molecule has 1 aromatic carbocycles. The standard InChI is InChI=1S/C14H11F3N2O2S2/c1-22-11-6-5-10(23-11)12(20)19-13(21)18-9-4-2-3-8(7-9)14(15,16)17/h2-7H,1H3,(H2,18,19,20,21). The molecule has 122 valence electrons. The number of halogens is 3. The lowest BCUT2D eigenvalue weighted by Crippen LogP contribution is -2.33. The van der Waals surface area contributed by atoms with E-state index in [0.717, 1.165) is 16.3 Å². The van der Waals surface area contributed by atoms with Gasteiger partial charge in [-0.15, -0.1) is 23.1 Å². The molecule has 0 spiro atoms. The second-order valence-electron chi connectivity index (χ2n) is 4.31. The summed E-state index contributed by atoms with van der Waals surface area (Å²) in [7, 11) is 0. The Morgan fingerprint density at radius 1 is 1.17 bits per heavy atom. The number of anilines is 1. The first-order chi connectivity index (χ1) is 10.8. The molecule has 0 fully saturated rings. The summed E-state index contributed by atoms with van der Waals surface area (Å²) in [5.74, 6) is -0.611. The van der Waals surface area contributed by atoms with E-state index in [2.05, 4.69) is 10.6 Å². The number of hydrogen-bond acceptors (Lipinski definition) is 4. The van der Waals surface area contributed by atoms with Crippen LogP contribution in [0.4, 0.5) is 23.7 Å². The van der Waals surface area contributed by atoms with Crippen LogP contribution in [0.15, 0.2) is 40.6 Å². The van der Waals surface area contributed by atoms with E-state index in [0.29, 0.717) is 4.88 Å². The maximum atomic E-state index is 12.6. The third-order valence-corrected chi connectivity index (χ3v) is 4.85. The van der Waals surface area contributed by atoms with Gasteiger partial charge in [-0.05, 0) is 36.6 Å². The minimum absolute atomic E-state index is 0.0545. The molecule has 2 rings (SSSR count). The number of thiophene rings is 1. The summed E-state index contributed by atoms with van der Waals surface area (Å²) in [5.41, 5.74) is -0.939. The van der Waals surface area contributed by atoms with Crippen LogP contribution in [-0.4, -0.2) is 18.2 Å². The number of urea groups is 1. The van der Waals surface area contributed by atoms with Crippen molar-refractivity contribution in [1.29, 1.82) is 0 Å². The van der Waals surface area contributed by atoms with Crippen molar-refractivity contribution in [2.24, 2.45) is 0 Å². The molecule has 3 amide bonds. The zero-order chi connectivity index (χ0) is 17.0. The molecule has 0 bridgehead atoms. The van der Waals surface area contributed by atoms with Gasteiger partial charge in [0.1, 0.15) is 0 Å². The minimum Gasteiger partial charge on any atom is -0.308 e. The molecule has 2 N–H and O–H groups in total. The van der Waals surface area contributed by atoms with Crippen LogP contribution in [0.2, 0.25) is 0 Å². The van der Waals surface area contributed by atoms with Crippen molar-refractivity contribution >= 4 is 40.7 Å². The third-order valence-electron chi connectivity index (χ3n) is 2.68. The zero-order valence-electron chi connectivity index (χ0n) is 11.7. The predicted octanol–water partition coefficient (Wildman–Crippen LogP) is 4.45. The van der Waals surface area contributed by atoms with Gasteiger partial charge in [-0.2, -0.15) is 13.2 Å². The second-order valence-corrected chi connectivity index (χ2v) is 6.50. The molecular weight excluding hydrogens is 349 g/mol. The van der Waals surface area contributed by atoms with Crippen LogP contribution >= 0.6 is 23.1 Å². The fourth-order valence-corrected chi connectivity index (χ4v) is 3.09. The van der Waals surface area contributed by atoms with E-state index in [4.69, 9.17) is 0 Å². The molecule has 9 heteroatoms. The number of imide groups is 1. The first kappa shape index (κ1) is 17.4. The maximum absolute atomic E-state index is 12.6. The third kappa shape index (κ3) is 4.73. The smallest absolute Gasteiger partial charge is 0.308 e. The average Bonchev–Trinajstić information content (AvgIpc) is 2.95. The molecule has 0 unspecified atom stereocenters. The van der Waals surface area contributed by atoms with Gasteiger partial charge in [0.15, 0.2) is 0 Å². The topological polar surface area (TPSA) is 58.2 Å². The average molecular weight is 360 g/mol. The van der Waals surface area contributed by atoms with Crippen molar-refractivity contribution in [3.63, 3.8) is 0 Å². The number of amides is 3. The van der Waals surface area contributed by atoms with Crippen molar-refractivity contribution < 1.29 is 22.8 Å². The van der Waals surface area contributed by atoms with Crippen LogP contribution in [0.3, 0.4) is 0 Å². The molecule has 1 aromatic heterocycles. The van der Waals surface area contributed by atoms with Crippen LogP contribution in [0.25, 0.3) is 0 Å². The maximum Gasteiger partial charge on any atom is 0.416 e. The van der Waals surface area contributed by atoms with Gasteiger partial charge in [0, 0.05) is 5.69 Å². The lowest BCUT2D eigenvalue weighted by Gasteiger charge is -2.10. The number of nitrogens with one attached hydrogen (secondary N) is 2. The molecule has 0 saturated heterocycles. The number of benzene rings is 1. The van der Waals surface area contributed by atoms with Gasteiger partial charge < -0.3 is 5.32 Å². The molecular formula is C14H11F3N2O2S2. The van der Waals surface area contributed by atoms with Gasteiger partial charge in [-0.3, -0.25) is 10.1 Å². The van der Waals surface area contributed by atoms with E-state index in [-0.39, 0.29) is 5.69 Å². The zero-order valence-corrected chi connectivity index (χ0v) is 13.4. The largest absolute Gasteiger partial charge is 0.416 e. The molecule has 0 saturated carbocycles. The number of alkyl halides is 3. The summed E-state index contributed by atoms with van der Waals surface area (Å²) in [4.78, 5) is 23.9. The van der Waals surface area contributed by atoms with E-state index in [1.807, 2.05) is 6.26 Å². The Balaban J connectivity index is 2.01. The van der Waals surface area contributed by atoms with Crippen LogP contribution in [0.5, 0.6) is 0 Å².